The second-order valence-electron chi connectivity index (χ2n) is 7.20. The molecule has 2 N–H and O–H groups in total. The van der Waals surface area contributed by atoms with Gasteiger partial charge in [0.1, 0.15) is 5.82 Å². The first-order valence-electron chi connectivity index (χ1n) is 9.37. The van der Waals surface area contributed by atoms with Crippen LogP contribution in [0, 0.1) is 17.5 Å². The predicted octanol–water partition coefficient (Wildman–Crippen LogP) is 4.13. The molecule has 1 aliphatic heterocycles. The third kappa shape index (κ3) is 4.74. The van der Waals surface area contributed by atoms with E-state index in [0.29, 0.717) is 25.5 Å². The van der Waals surface area contributed by atoms with Gasteiger partial charge in [0.2, 0.25) is 0 Å². The summed E-state index contributed by atoms with van der Waals surface area (Å²) in [6.45, 7) is 1.64. The van der Waals surface area contributed by atoms with Gasteiger partial charge in [-0.15, -0.1) is 0 Å². The number of ether oxygens (including phenoxy) is 1. The molecule has 0 radical (unpaired) electrons. The zero-order chi connectivity index (χ0) is 18.5. The molecule has 7 heteroatoms. The van der Waals surface area contributed by atoms with Gasteiger partial charge in [-0.2, -0.15) is 0 Å². The van der Waals surface area contributed by atoms with Gasteiger partial charge in [0, 0.05) is 17.6 Å². The van der Waals surface area contributed by atoms with Crippen molar-refractivity contribution in [1.82, 2.24) is 10.0 Å². The average molecular weight is 388 g/mol. The highest BCUT2D eigenvalue weighted by Gasteiger charge is 2.30. The lowest BCUT2D eigenvalue weighted by molar-refractivity contribution is 0.00500. The van der Waals surface area contributed by atoms with Crippen molar-refractivity contribution in [2.24, 2.45) is 0 Å². The maximum atomic E-state index is 14.0. The summed E-state index contributed by atoms with van der Waals surface area (Å²) in [5.74, 6) is -2.93. The molecule has 2 atom stereocenters. The van der Waals surface area contributed by atoms with E-state index in [-0.39, 0.29) is 23.6 Å². The molecule has 26 heavy (non-hydrogen) atoms. The highest BCUT2D eigenvalue weighted by molar-refractivity contribution is 7.96. The molecule has 2 aliphatic rings. The molecule has 0 bridgehead atoms. The second kappa shape index (κ2) is 9.44. The quantitative estimate of drug-likeness (QED) is 0.567. The van der Waals surface area contributed by atoms with Gasteiger partial charge in [-0.25, -0.2) is 13.2 Å². The third-order valence-electron chi connectivity index (χ3n) is 5.53. The fraction of sp³-hybridized carbons (Fsp3) is 0.684. The Bertz CT molecular complexity index is 594. The summed E-state index contributed by atoms with van der Waals surface area (Å²) in [5, 5.41) is 3.51. The smallest absolute Gasteiger partial charge is 0.165 e. The van der Waals surface area contributed by atoms with Crippen LogP contribution in [0.3, 0.4) is 0 Å². The van der Waals surface area contributed by atoms with E-state index >= 15 is 0 Å². The third-order valence-corrected chi connectivity index (χ3v) is 6.07. The molecule has 0 aromatic heterocycles. The van der Waals surface area contributed by atoms with Crippen molar-refractivity contribution in [3.05, 3.63) is 35.1 Å². The topological polar surface area (TPSA) is 33.3 Å². The van der Waals surface area contributed by atoms with E-state index in [2.05, 4.69) is 10.0 Å². The molecule has 1 aliphatic carbocycles. The summed E-state index contributed by atoms with van der Waals surface area (Å²) >= 11 is 1.63. The second-order valence-corrected chi connectivity index (χ2v) is 7.84. The molecular weight excluding hydrogens is 361 g/mol. The van der Waals surface area contributed by atoms with Gasteiger partial charge in [0.05, 0.1) is 12.7 Å². The van der Waals surface area contributed by atoms with Crippen LogP contribution in [0.4, 0.5) is 13.2 Å². The van der Waals surface area contributed by atoms with Crippen molar-refractivity contribution in [2.45, 2.75) is 62.6 Å². The van der Waals surface area contributed by atoms with Crippen molar-refractivity contribution in [2.75, 3.05) is 19.4 Å². The Morgan fingerprint density at radius 2 is 1.85 bits per heavy atom. The molecule has 0 amide bonds. The number of nitrogens with one attached hydrogen (secondary N) is 2. The lowest BCUT2D eigenvalue weighted by Gasteiger charge is -2.35. The van der Waals surface area contributed by atoms with Gasteiger partial charge in [0.25, 0.3) is 0 Å². The highest BCUT2D eigenvalue weighted by Crippen LogP contribution is 2.37. The summed E-state index contributed by atoms with van der Waals surface area (Å²) in [6.07, 6.45) is 7.14. The van der Waals surface area contributed by atoms with Crippen LogP contribution in [0.5, 0.6) is 0 Å². The molecule has 3 nitrogen and oxygen atoms in total. The van der Waals surface area contributed by atoms with Gasteiger partial charge in [-0.1, -0.05) is 11.9 Å². The van der Waals surface area contributed by atoms with E-state index in [1.165, 1.54) is 0 Å². The van der Waals surface area contributed by atoms with Crippen molar-refractivity contribution in [3.8, 4) is 0 Å². The number of piperidine rings is 1. The minimum Gasteiger partial charge on any atom is -0.377 e. The van der Waals surface area contributed by atoms with Crippen LogP contribution in [-0.2, 0) is 4.74 Å². The summed E-state index contributed by atoms with van der Waals surface area (Å²) < 4.78 is 50.9. The minimum absolute atomic E-state index is 0.0957. The molecule has 1 aromatic carbocycles. The number of hydrogen-bond acceptors (Lipinski definition) is 4. The van der Waals surface area contributed by atoms with Gasteiger partial charge in [-0.3, -0.25) is 4.72 Å². The van der Waals surface area contributed by atoms with Gasteiger partial charge in [0.15, 0.2) is 11.6 Å². The van der Waals surface area contributed by atoms with E-state index in [4.69, 9.17) is 4.74 Å². The fourth-order valence-electron chi connectivity index (χ4n) is 4.10. The van der Waals surface area contributed by atoms with E-state index < -0.39 is 17.5 Å². The van der Waals surface area contributed by atoms with Crippen LogP contribution in [0.25, 0.3) is 0 Å². The monoisotopic (exact) mass is 388 g/mol. The molecule has 146 valence electrons. The van der Waals surface area contributed by atoms with Crippen LogP contribution < -0.4 is 10.0 Å². The standard InChI is InChI=1S/C19H27F3N2OS/c1-26-24-16-3-2-10-23-17(16)11-25-13-6-4-12(5-7-13)18-14(20)8-9-15(21)19(18)22/h8-9,12-13,16-17,23-24H,2-7,10-11H2,1H3/t12-,13+,16-,17-/m0/s1. The summed E-state index contributed by atoms with van der Waals surface area (Å²) in [4.78, 5) is 0. The maximum absolute atomic E-state index is 14.0. The normalized spacial score (nSPS) is 29.7. The first-order valence-corrected chi connectivity index (χ1v) is 10.6. The molecular formula is C19H27F3N2OS. The number of halogens is 3. The number of benzene rings is 1. The lowest BCUT2D eigenvalue weighted by atomic mass is 9.82. The van der Waals surface area contributed by atoms with Gasteiger partial charge >= 0.3 is 0 Å². The van der Waals surface area contributed by atoms with Crippen molar-refractivity contribution in [3.63, 3.8) is 0 Å². The highest BCUT2D eigenvalue weighted by atomic mass is 32.2. The van der Waals surface area contributed by atoms with Crippen molar-refractivity contribution in [1.29, 1.82) is 0 Å². The molecule has 1 heterocycles. The molecule has 1 saturated carbocycles. The molecule has 0 unspecified atom stereocenters. The summed E-state index contributed by atoms with van der Waals surface area (Å²) in [7, 11) is 0. The van der Waals surface area contributed by atoms with E-state index in [1.807, 2.05) is 6.26 Å². The summed E-state index contributed by atoms with van der Waals surface area (Å²) in [6, 6.07) is 2.54. The van der Waals surface area contributed by atoms with Crippen molar-refractivity contribution < 1.29 is 17.9 Å². The van der Waals surface area contributed by atoms with Crippen LogP contribution in [0.1, 0.15) is 50.0 Å². The number of rotatable bonds is 6. The Balaban J connectivity index is 1.50. The van der Waals surface area contributed by atoms with Crippen LogP contribution in [0.15, 0.2) is 12.1 Å². The minimum atomic E-state index is -1.04. The average Bonchev–Trinajstić information content (AvgIpc) is 2.66. The van der Waals surface area contributed by atoms with E-state index in [1.54, 1.807) is 11.9 Å². The Hall–Kier alpha value is -0.760. The maximum Gasteiger partial charge on any atom is 0.165 e. The largest absolute Gasteiger partial charge is 0.377 e. The fourth-order valence-corrected chi connectivity index (χ4v) is 4.68. The van der Waals surface area contributed by atoms with E-state index in [9.17, 15) is 13.2 Å². The zero-order valence-corrected chi connectivity index (χ0v) is 15.9. The van der Waals surface area contributed by atoms with Crippen LogP contribution >= 0.6 is 11.9 Å². The first-order chi connectivity index (χ1) is 12.6. The van der Waals surface area contributed by atoms with Gasteiger partial charge in [-0.05, 0) is 69.4 Å². The first kappa shape index (κ1) is 20.0. The molecule has 1 aromatic rings. The van der Waals surface area contributed by atoms with E-state index in [0.717, 1.165) is 44.4 Å². The Kier molecular flexibility index (Phi) is 7.26. The summed E-state index contributed by atoms with van der Waals surface area (Å²) in [5.41, 5.74) is -0.0957. The number of hydrogen-bond donors (Lipinski definition) is 2. The van der Waals surface area contributed by atoms with Gasteiger partial charge < -0.3 is 10.1 Å². The van der Waals surface area contributed by atoms with Crippen LogP contribution in [-0.4, -0.2) is 37.6 Å². The zero-order valence-electron chi connectivity index (χ0n) is 15.1. The van der Waals surface area contributed by atoms with Crippen molar-refractivity contribution >= 4 is 11.9 Å². The molecule has 2 fully saturated rings. The SMILES string of the molecule is CSN[C@H]1CCCN[C@H]1CO[C@H]1CC[C@@H](c2c(F)ccc(F)c2F)CC1. The molecule has 0 spiro atoms. The lowest BCUT2D eigenvalue weighted by Crippen LogP contribution is -2.52. The molecule has 3 rings (SSSR count). The predicted molar refractivity (Wildman–Crippen MR) is 98.7 cm³/mol. The Morgan fingerprint density at radius 1 is 1.12 bits per heavy atom. The molecule has 1 saturated heterocycles. The van der Waals surface area contributed by atoms with Crippen LogP contribution in [0.2, 0.25) is 0 Å². The Labute approximate surface area is 157 Å². The Morgan fingerprint density at radius 3 is 2.58 bits per heavy atom.